The van der Waals surface area contributed by atoms with Gasteiger partial charge in [0, 0.05) is 11.6 Å². The van der Waals surface area contributed by atoms with E-state index in [2.05, 4.69) is 0 Å². The molecule has 0 radical (unpaired) electrons. The van der Waals surface area contributed by atoms with E-state index >= 15 is 0 Å². The van der Waals surface area contributed by atoms with E-state index in [1.54, 1.807) is 7.11 Å². The van der Waals surface area contributed by atoms with E-state index in [0.29, 0.717) is 5.75 Å². The predicted octanol–water partition coefficient (Wildman–Crippen LogP) is 2.10. The molecule has 0 aliphatic rings. The van der Waals surface area contributed by atoms with E-state index in [9.17, 15) is 4.79 Å². The minimum Gasteiger partial charge on any atom is -0.496 e. The van der Waals surface area contributed by atoms with Crippen LogP contribution in [0, 0.1) is 6.92 Å². The summed E-state index contributed by atoms with van der Waals surface area (Å²) in [6, 6.07) is 5.60. The maximum Gasteiger partial charge on any atom is 0.328 e. The number of aliphatic carboxylic acids is 1. The molecule has 0 fully saturated rings. The number of benzene rings is 1. The molecule has 0 aromatic heterocycles. The van der Waals surface area contributed by atoms with E-state index in [0.717, 1.165) is 17.2 Å². The van der Waals surface area contributed by atoms with E-state index in [4.69, 9.17) is 9.84 Å². The SMILES string of the molecule is COc1ccc(C)cc1C=CC(=O)O. The third-order valence-electron chi connectivity index (χ3n) is 1.79. The van der Waals surface area contributed by atoms with Crippen molar-refractivity contribution in [2.75, 3.05) is 7.11 Å². The maximum absolute atomic E-state index is 10.3. The Morgan fingerprint density at radius 3 is 2.79 bits per heavy atom. The first-order valence-electron chi connectivity index (χ1n) is 4.19. The van der Waals surface area contributed by atoms with Gasteiger partial charge in [0.1, 0.15) is 5.75 Å². The van der Waals surface area contributed by atoms with Gasteiger partial charge in [0.25, 0.3) is 0 Å². The van der Waals surface area contributed by atoms with Gasteiger partial charge in [-0.25, -0.2) is 4.79 Å². The lowest BCUT2D eigenvalue weighted by Gasteiger charge is -2.04. The first-order valence-corrected chi connectivity index (χ1v) is 4.19. The fourth-order valence-electron chi connectivity index (χ4n) is 1.15. The molecular weight excluding hydrogens is 180 g/mol. The number of methoxy groups -OCH3 is 1. The Labute approximate surface area is 82.6 Å². The second-order valence-corrected chi connectivity index (χ2v) is 2.92. The number of hydrogen-bond donors (Lipinski definition) is 1. The zero-order chi connectivity index (χ0) is 10.6. The van der Waals surface area contributed by atoms with Crippen molar-refractivity contribution in [3.05, 3.63) is 35.4 Å². The second-order valence-electron chi connectivity index (χ2n) is 2.92. The van der Waals surface area contributed by atoms with Gasteiger partial charge in [0.2, 0.25) is 0 Å². The molecule has 0 amide bonds. The Morgan fingerprint density at radius 2 is 2.21 bits per heavy atom. The van der Waals surface area contributed by atoms with Crippen molar-refractivity contribution in [2.24, 2.45) is 0 Å². The first kappa shape index (κ1) is 10.3. The number of carbonyl (C=O) groups is 1. The van der Waals surface area contributed by atoms with Crippen LogP contribution < -0.4 is 4.74 Å². The standard InChI is InChI=1S/C11H12O3/c1-8-3-5-10(14-2)9(7-8)4-6-11(12)13/h3-7H,1-2H3,(H,12,13). The lowest BCUT2D eigenvalue weighted by Crippen LogP contribution is -1.90. The van der Waals surface area contributed by atoms with Crippen LogP contribution in [0.25, 0.3) is 6.08 Å². The topological polar surface area (TPSA) is 46.5 Å². The summed E-state index contributed by atoms with van der Waals surface area (Å²) in [5.74, 6) is -0.290. The van der Waals surface area contributed by atoms with Gasteiger partial charge in [-0.1, -0.05) is 11.6 Å². The van der Waals surface area contributed by atoms with Crippen LogP contribution in [-0.2, 0) is 4.79 Å². The van der Waals surface area contributed by atoms with Crippen LogP contribution in [-0.4, -0.2) is 18.2 Å². The zero-order valence-corrected chi connectivity index (χ0v) is 8.15. The number of carboxylic acids is 1. The Hall–Kier alpha value is -1.77. The van der Waals surface area contributed by atoms with Crippen LogP contribution in [0.1, 0.15) is 11.1 Å². The fourth-order valence-corrected chi connectivity index (χ4v) is 1.15. The molecule has 1 rings (SSSR count). The molecule has 1 aromatic rings. The Morgan fingerprint density at radius 1 is 1.50 bits per heavy atom. The molecule has 1 aromatic carbocycles. The summed E-state index contributed by atoms with van der Waals surface area (Å²) in [5, 5.41) is 8.48. The van der Waals surface area contributed by atoms with Crippen molar-refractivity contribution in [2.45, 2.75) is 6.92 Å². The molecule has 0 unspecified atom stereocenters. The van der Waals surface area contributed by atoms with Gasteiger partial charge in [-0.2, -0.15) is 0 Å². The largest absolute Gasteiger partial charge is 0.496 e. The van der Waals surface area contributed by atoms with Gasteiger partial charge < -0.3 is 9.84 Å². The summed E-state index contributed by atoms with van der Waals surface area (Å²) >= 11 is 0. The van der Waals surface area contributed by atoms with E-state index < -0.39 is 5.97 Å². The summed E-state index contributed by atoms with van der Waals surface area (Å²) in [6.07, 6.45) is 2.62. The lowest BCUT2D eigenvalue weighted by molar-refractivity contribution is -0.131. The number of carboxylic acid groups (broad SMARTS) is 1. The molecule has 1 N–H and O–H groups in total. The van der Waals surface area contributed by atoms with Crippen molar-refractivity contribution in [3.63, 3.8) is 0 Å². The van der Waals surface area contributed by atoms with Gasteiger partial charge in [0.15, 0.2) is 0 Å². The number of aryl methyl sites for hydroxylation is 1. The van der Waals surface area contributed by atoms with Crippen LogP contribution in [0.15, 0.2) is 24.3 Å². The second kappa shape index (κ2) is 4.46. The quantitative estimate of drug-likeness (QED) is 0.746. The number of rotatable bonds is 3. The minimum atomic E-state index is -0.964. The van der Waals surface area contributed by atoms with Crippen LogP contribution in [0.5, 0.6) is 5.75 Å². The van der Waals surface area contributed by atoms with Gasteiger partial charge >= 0.3 is 5.97 Å². The minimum absolute atomic E-state index is 0.674. The van der Waals surface area contributed by atoms with Crippen molar-refractivity contribution in [1.82, 2.24) is 0 Å². The third-order valence-corrected chi connectivity index (χ3v) is 1.79. The highest BCUT2D eigenvalue weighted by Crippen LogP contribution is 2.20. The Bertz CT molecular complexity index is 367. The zero-order valence-electron chi connectivity index (χ0n) is 8.15. The number of ether oxygens (including phenoxy) is 1. The highest BCUT2D eigenvalue weighted by molar-refractivity contribution is 5.85. The average molecular weight is 192 g/mol. The van der Waals surface area contributed by atoms with E-state index in [1.165, 1.54) is 6.08 Å². The van der Waals surface area contributed by atoms with Crippen molar-refractivity contribution >= 4 is 12.0 Å². The monoisotopic (exact) mass is 192 g/mol. The van der Waals surface area contributed by atoms with Gasteiger partial charge in [0.05, 0.1) is 7.11 Å². The average Bonchev–Trinajstić information content (AvgIpc) is 2.15. The molecule has 0 atom stereocenters. The molecule has 14 heavy (non-hydrogen) atoms. The summed E-state index contributed by atoms with van der Waals surface area (Å²) in [5.41, 5.74) is 1.84. The fraction of sp³-hybridized carbons (Fsp3) is 0.182. The maximum atomic E-state index is 10.3. The Balaban J connectivity index is 3.04. The molecule has 0 aliphatic heterocycles. The van der Waals surface area contributed by atoms with Crippen LogP contribution in [0.2, 0.25) is 0 Å². The van der Waals surface area contributed by atoms with E-state index in [1.807, 2.05) is 25.1 Å². The summed E-state index contributed by atoms with van der Waals surface area (Å²) in [7, 11) is 1.56. The first-order chi connectivity index (χ1) is 6.63. The molecule has 0 saturated heterocycles. The molecule has 0 heterocycles. The van der Waals surface area contributed by atoms with Gasteiger partial charge in [-0.3, -0.25) is 0 Å². The molecule has 3 nitrogen and oxygen atoms in total. The lowest BCUT2D eigenvalue weighted by atomic mass is 10.1. The molecule has 74 valence electrons. The summed E-state index contributed by atoms with van der Waals surface area (Å²) < 4.78 is 5.09. The number of hydrogen-bond acceptors (Lipinski definition) is 2. The van der Waals surface area contributed by atoms with Crippen molar-refractivity contribution in [1.29, 1.82) is 0 Å². The van der Waals surface area contributed by atoms with Crippen molar-refractivity contribution < 1.29 is 14.6 Å². The molecule has 0 saturated carbocycles. The van der Waals surface area contributed by atoms with Crippen LogP contribution in [0.3, 0.4) is 0 Å². The van der Waals surface area contributed by atoms with E-state index in [-0.39, 0.29) is 0 Å². The van der Waals surface area contributed by atoms with Gasteiger partial charge in [-0.15, -0.1) is 0 Å². The van der Waals surface area contributed by atoms with Gasteiger partial charge in [-0.05, 0) is 25.1 Å². The predicted molar refractivity (Wildman–Crippen MR) is 54.4 cm³/mol. The third kappa shape index (κ3) is 2.62. The highest BCUT2D eigenvalue weighted by atomic mass is 16.5. The molecular formula is C11H12O3. The van der Waals surface area contributed by atoms with Crippen LogP contribution in [0.4, 0.5) is 0 Å². The molecule has 0 spiro atoms. The highest BCUT2D eigenvalue weighted by Gasteiger charge is 1.99. The summed E-state index contributed by atoms with van der Waals surface area (Å²) in [4.78, 5) is 10.3. The molecule has 3 heteroatoms. The summed E-state index contributed by atoms with van der Waals surface area (Å²) in [6.45, 7) is 1.94. The van der Waals surface area contributed by atoms with Crippen molar-refractivity contribution in [3.8, 4) is 5.75 Å². The van der Waals surface area contributed by atoms with Crippen LogP contribution >= 0.6 is 0 Å². The normalized spacial score (nSPS) is 10.4. The molecule has 0 bridgehead atoms. The molecule has 0 aliphatic carbocycles. The Kier molecular flexibility index (Phi) is 3.29. The smallest absolute Gasteiger partial charge is 0.328 e.